The average Bonchev–Trinajstić information content (AvgIpc) is 3.16. The van der Waals surface area contributed by atoms with Gasteiger partial charge in [-0.25, -0.2) is 9.79 Å². The Kier molecular flexibility index (Phi) is 4.21. The van der Waals surface area contributed by atoms with Crippen LogP contribution in [0.2, 0.25) is 0 Å². The summed E-state index contributed by atoms with van der Waals surface area (Å²) in [5.41, 5.74) is 5.31. The maximum Gasteiger partial charge on any atom is 0.328 e. The minimum atomic E-state index is -0.505. The van der Waals surface area contributed by atoms with Gasteiger partial charge in [-0.05, 0) is 45.7 Å². The summed E-state index contributed by atoms with van der Waals surface area (Å²) in [4.78, 5) is 38.3. The van der Waals surface area contributed by atoms with Crippen LogP contribution in [0.15, 0.2) is 34.6 Å². The van der Waals surface area contributed by atoms with Gasteiger partial charge in [-0.15, -0.1) is 0 Å². The quantitative estimate of drug-likeness (QED) is 0.808. The molecule has 1 saturated heterocycles. The van der Waals surface area contributed by atoms with Crippen LogP contribution in [0.25, 0.3) is 0 Å². The van der Waals surface area contributed by atoms with Gasteiger partial charge in [0.25, 0.3) is 5.91 Å². The number of hydrogen-bond donors (Lipinski definition) is 0. The molecular formula is C21H27N5O2. The zero-order valence-corrected chi connectivity index (χ0v) is 17.4. The number of aryl methyl sites for hydroxylation is 2. The number of amides is 3. The SMILES string of the molecule is CCN1C2=NC3C(C(=O)N(Cc4cc(C)ccc4C)C(=O)N3C)N2C(C)=C1C. The lowest BCUT2D eigenvalue weighted by Gasteiger charge is -2.41. The summed E-state index contributed by atoms with van der Waals surface area (Å²) < 4.78 is 0. The zero-order valence-electron chi connectivity index (χ0n) is 17.4. The van der Waals surface area contributed by atoms with Crippen molar-refractivity contribution in [2.75, 3.05) is 13.6 Å². The van der Waals surface area contributed by atoms with Crippen LogP contribution in [-0.4, -0.2) is 63.3 Å². The van der Waals surface area contributed by atoms with Gasteiger partial charge in [0, 0.05) is 25.0 Å². The van der Waals surface area contributed by atoms with Crippen LogP contribution in [0, 0.1) is 13.8 Å². The van der Waals surface area contributed by atoms with E-state index in [1.165, 1.54) is 4.90 Å². The number of rotatable bonds is 3. The molecule has 3 aliphatic heterocycles. The molecule has 7 heteroatoms. The van der Waals surface area contributed by atoms with Crippen LogP contribution >= 0.6 is 0 Å². The number of urea groups is 1. The van der Waals surface area contributed by atoms with Crippen molar-refractivity contribution in [3.8, 4) is 0 Å². The Morgan fingerprint density at radius 3 is 2.43 bits per heavy atom. The Bertz CT molecular complexity index is 935. The minimum Gasteiger partial charge on any atom is -0.315 e. The molecule has 3 amide bonds. The van der Waals surface area contributed by atoms with Crippen LogP contribution in [0.1, 0.15) is 37.5 Å². The Hall–Kier alpha value is -2.83. The van der Waals surface area contributed by atoms with Crippen LogP contribution < -0.4 is 0 Å². The van der Waals surface area contributed by atoms with Gasteiger partial charge < -0.3 is 9.80 Å². The van der Waals surface area contributed by atoms with Gasteiger partial charge >= 0.3 is 6.03 Å². The fraction of sp³-hybridized carbons (Fsp3) is 0.476. The lowest BCUT2D eigenvalue weighted by atomic mass is 10.0. The van der Waals surface area contributed by atoms with E-state index in [0.29, 0.717) is 0 Å². The van der Waals surface area contributed by atoms with Crippen molar-refractivity contribution in [3.63, 3.8) is 0 Å². The predicted octanol–water partition coefficient (Wildman–Crippen LogP) is 2.65. The van der Waals surface area contributed by atoms with Gasteiger partial charge in [-0.1, -0.05) is 23.8 Å². The third-order valence-corrected chi connectivity index (χ3v) is 6.15. The normalized spacial score (nSPS) is 24.3. The van der Waals surface area contributed by atoms with Crippen molar-refractivity contribution in [2.24, 2.45) is 4.99 Å². The second-order valence-electron chi connectivity index (χ2n) is 7.82. The molecule has 0 saturated carbocycles. The molecule has 2 unspecified atom stereocenters. The number of benzene rings is 1. The highest BCUT2D eigenvalue weighted by atomic mass is 16.2. The van der Waals surface area contributed by atoms with Crippen LogP contribution in [0.4, 0.5) is 4.79 Å². The standard InChI is InChI=1S/C21H27N5O2/c1-7-24-14(4)15(5)26-17-18(22-20(24)26)23(6)21(28)25(19(17)27)11-16-10-12(2)8-9-13(16)3/h8-10,17-18H,7,11H2,1-6H3. The van der Waals surface area contributed by atoms with Crippen LogP contribution in [0.5, 0.6) is 0 Å². The molecule has 0 spiro atoms. The summed E-state index contributed by atoms with van der Waals surface area (Å²) in [5, 5.41) is 0. The van der Waals surface area contributed by atoms with Gasteiger partial charge in [0.1, 0.15) is 0 Å². The van der Waals surface area contributed by atoms with E-state index >= 15 is 0 Å². The number of imide groups is 1. The second kappa shape index (κ2) is 6.36. The Labute approximate surface area is 165 Å². The number of likely N-dealkylation sites (N-methyl/N-ethyl adjacent to an activating group) is 1. The van der Waals surface area contributed by atoms with Gasteiger partial charge in [-0.2, -0.15) is 0 Å². The molecule has 0 N–H and O–H groups in total. The first-order valence-electron chi connectivity index (χ1n) is 9.72. The topological polar surface area (TPSA) is 59.5 Å². The van der Waals surface area contributed by atoms with E-state index in [1.807, 2.05) is 50.8 Å². The highest BCUT2D eigenvalue weighted by molar-refractivity contribution is 6.05. The molecule has 4 rings (SSSR count). The van der Waals surface area contributed by atoms with Gasteiger partial charge in [0.15, 0.2) is 12.2 Å². The molecule has 1 aromatic carbocycles. The zero-order chi connectivity index (χ0) is 20.3. The lowest BCUT2D eigenvalue weighted by molar-refractivity contribution is -0.137. The van der Waals surface area contributed by atoms with E-state index in [9.17, 15) is 9.59 Å². The summed E-state index contributed by atoms with van der Waals surface area (Å²) in [6.45, 7) is 11.2. The Morgan fingerprint density at radius 1 is 1.04 bits per heavy atom. The van der Waals surface area contributed by atoms with E-state index in [2.05, 4.69) is 11.8 Å². The van der Waals surface area contributed by atoms with Crippen LogP contribution in [0.3, 0.4) is 0 Å². The predicted molar refractivity (Wildman–Crippen MR) is 107 cm³/mol. The third-order valence-electron chi connectivity index (χ3n) is 6.15. The van der Waals surface area contributed by atoms with Gasteiger partial charge in [0.2, 0.25) is 5.96 Å². The summed E-state index contributed by atoms with van der Waals surface area (Å²) in [7, 11) is 1.73. The summed E-state index contributed by atoms with van der Waals surface area (Å²) >= 11 is 0. The van der Waals surface area contributed by atoms with E-state index in [4.69, 9.17) is 4.99 Å². The lowest BCUT2D eigenvalue weighted by Crippen LogP contribution is -2.64. The van der Waals surface area contributed by atoms with Crippen molar-refractivity contribution in [3.05, 3.63) is 46.3 Å². The molecule has 28 heavy (non-hydrogen) atoms. The molecule has 0 radical (unpaired) electrons. The number of allylic oxidation sites excluding steroid dienone is 2. The number of guanidine groups is 1. The molecule has 1 fully saturated rings. The van der Waals surface area contributed by atoms with Crippen molar-refractivity contribution in [2.45, 2.75) is 53.4 Å². The van der Waals surface area contributed by atoms with E-state index in [-0.39, 0.29) is 18.5 Å². The Morgan fingerprint density at radius 2 is 1.75 bits per heavy atom. The number of nitrogens with zero attached hydrogens (tertiary/aromatic N) is 5. The van der Waals surface area contributed by atoms with Crippen molar-refractivity contribution >= 4 is 17.9 Å². The van der Waals surface area contributed by atoms with E-state index in [1.54, 1.807) is 11.9 Å². The molecule has 7 nitrogen and oxygen atoms in total. The van der Waals surface area contributed by atoms with Gasteiger partial charge in [0.05, 0.1) is 6.54 Å². The summed E-state index contributed by atoms with van der Waals surface area (Å²) in [5.74, 6) is 0.590. The monoisotopic (exact) mass is 381 g/mol. The second-order valence-corrected chi connectivity index (χ2v) is 7.82. The number of fused-ring (bicyclic) bond motifs is 3. The Balaban J connectivity index is 1.70. The molecule has 148 valence electrons. The van der Waals surface area contributed by atoms with Crippen LogP contribution in [-0.2, 0) is 11.3 Å². The highest BCUT2D eigenvalue weighted by Gasteiger charge is 2.55. The third kappa shape index (κ3) is 2.45. The van der Waals surface area contributed by atoms with Crippen molar-refractivity contribution < 1.29 is 9.59 Å². The average molecular weight is 381 g/mol. The summed E-state index contributed by atoms with van der Waals surface area (Å²) in [6.07, 6.45) is -0.484. The molecule has 0 bridgehead atoms. The van der Waals surface area contributed by atoms with Crippen molar-refractivity contribution in [1.29, 1.82) is 0 Å². The molecule has 2 atom stereocenters. The van der Waals surface area contributed by atoms with E-state index < -0.39 is 12.2 Å². The maximum absolute atomic E-state index is 13.5. The first kappa shape index (κ1) is 18.5. The maximum atomic E-state index is 13.5. The first-order valence-corrected chi connectivity index (χ1v) is 9.72. The summed E-state index contributed by atoms with van der Waals surface area (Å²) in [6, 6.07) is 5.32. The van der Waals surface area contributed by atoms with Crippen molar-refractivity contribution in [1.82, 2.24) is 19.6 Å². The minimum absolute atomic E-state index is 0.183. The molecule has 0 aromatic heterocycles. The fourth-order valence-corrected chi connectivity index (χ4v) is 4.35. The molecule has 3 heterocycles. The number of carbonyl (C=O) groups is 2. The molecule has 3 aliphatic rings. The van der Waals surface area contributed by atoms with E-state index in [0.717, 1.165) is 40.6 Å². The largest absolute Gasteiger partial charge is 0.328 e. The number of carbonyl (C=O) groups excluding carboxylic acids is 2. The molecule has 0 aliphatic carbocycles. The molecular weight excluding hydrogens is 354 g/mol. The molecule has 1 aromatic rings. The van der Waals surface area contributed by atoms with Gasteiger partial charge in [-0.3, -0.25) is 14.6 Å². The number of hydrogen-bond acceptors (Lipinski definition) is 5. The fourth-order valence-electron chi connectivity index (χ4n) is 4.35. The highest BCUT2D eigenvalue weighted by Crippen LogP contribution is 2.37. The first-order chi connectivity index (χ1) is 13.3. The number of aliphatic imine (C=N–C) groups is 1. The smallest absolute Gasteiger partial charge is 0.315 e.